The molecule has 2 amide bonds. The first-order chi connectivity index (χ1) is 11.2. The zero-order valence-corrected chi connectivity index (χ0v) is 13.2. The van der Waals surface area contributed by atoms with E-state index >= 15 is 0 Å². The van der Waals surface area contributed by atoms with Crippen LogP contribution < -0.4 is 10.6 Å². The van der Waals surface area contributed by atoms with Crippen molar-refractivity contribution in [3.05, 3.63) is 59.2 Å². The highest BCUT2D eigenvalue weighted by molar-refractivity contribution is 6.05. The molecule has 2 aromatic carbocycles. The molecule has 118 valence electrons. The summed E-state index contributed by atoms with van der Waals surface area (Å²) in [5, 5.41) is 5.70. The van der Waals surface area contributed by atoms with Crippen molar-refractivity contribution in [3.8, 4) is 0 Å². The number of carbonyl (C=O) groups is 2. The van der Waals surface area contributed by atoms with Crippen LogP contribution in [0.4, 0.5) is 11.4 Å². The molecular weight excluding hydrogens is 288 g/mol. The van der Waals surface area contributed by atoms with Crippen LogP contribution in [0.5, 0.6) is 0 Å². The molecule has 0 radical (unpaired) electrons. The largest absolute Gasteiger partial charge is 0.326 e. The van der Waals surface area contributed by atoms with E-state index in [1.54, 1.807) is 31.2 Å². The lowest BCUT2D eigenvalue weighted by Crippen LogP contribution is -2.14. The molecule has 0 aromatic heterocycles. The van der Waals surface area contributed by atoms with E-state index in [9.17, 15) is 9.59 Å². The predicted octanol–water partition coefficient (Wildman–Crippen LogP) is 3.78. The van der Waals surface area contributed by atoms with E-state index in [0.717, 1.165) is 18.5 Å². The third kappa shape index (κ3) is 3.59. The Morgan fingerprint density at radius 3 is 2.57 bits per heavy atom. The summed E-state index contributed by atoms with van der Waals surface area (Å²) in [6.07, 6.45) is 3.80. The second kappa shape index (κ2) is 6.65. The average molecular weight is 308 g/mol. The van der Waals surface area contributed by atoms with Crippen LogP contribution in [0.15, 0.2) is 42.5 Å². The van der Waals surface area contributed by atoms with Crippen molar-refractivity contribution in [1.29, 1.82) is 0 Å². The van der Waals surface area contributed by atoms with E-state index in [1.807, 2.05) is 6.07 Å². The Hall–Kier alpha value is -2.62. The van der Waals surface area contributed by atoms with E-state index in [0.29, 0.717) is 17.7 Å². The predicted molar refractivity (Wildman–Crippen MR) is 91.8 cm³/mol. The summed E-state index contributed by atoms with van der Waals surface area (Å²) in [7, 11) is 0. The molecule has 4 heteroatoms. The number of rotatable bonds is 4. The first-order valence-corrected chi connectivity index (χ1v) is 7.99. The van der Waals surface area contributed by atoms with Gasteiger partial charge in [-0.3, -0.25) is 9.59 Å². The summed E-state index contributed by atoms with van der Waals surface area (Å²) in [5.41, 5.74) is 4.69. The van der Waals surface area contributed by atoms with Crippen molar-refractivity contribution < 1.29 is 9.59 Å². The Kier molecular flexibility index (Phi) is 4.42. The van der Waals surface area contributed by atoms with Gasteiger partial charge < -0.3 is 10.6 Å². The van der Waals surface area contributed by atoms with Crippen molar-refractivity contribution >= 4 is 23.2 Å². The molecule has 0 fully saturated rings. The standard InChI is InChI=1S/C19H20N2O2/c1-2-18(22)20-16-8-4-7-15(12-16)19(23)21-17-10-9-13-5-3-6-14(13)11-17/h4,7-12H,2-3,5-6H2,1H3,(H,20,22)(H,21,23). The fourth-order valence-electron chi connectivity index (χ4n) is 2.84. The maximum atomic E-state index is 12.4. The number of carbonyl (C=O) groups excluding carboxylic acids is 2. The maximum Gasteiger partial charge on any atom is 0.255 e. The number of nitrogens with one attached hydrogen (secondary N) is 2. The van der Waals surface area contributed by atoms with E-state index in [1.165, 1.54) is 17.5 Å². The minimum atomic E-state index is -0.171. The second-order valence-corrected chi connectivity index (χ2v) is 5.77. The van der Waals surface area contributed by atoms with Crippen LogP contribution in [0.3, 0.4) is 0 Å². The molecule has 3 rings (SSSR count). The van der Waals surface area contributed by atoms with Gasteiger partial charge in [0.25, 0.3) is 5.91 Å². The van der Waals surface area contributed by atoms with Crippen LogP contribution in [0.25, 0.3) is 0 Å². The van der Waals surface area contributed by atoms with Gasteiger partial charge in [-0.2, -0.15) is 0 Å². The first-order valence-electron chi connectivity index (χ1n) is 7.99. The Bertz CT molecular complexity index is 753. The van der Waals surface area contributed by atoms with Gasteiger partial charge in [-0.05, 0) is 60.7 Å². The van der Waals surface area contributed by atoms with Gasteiger partial charge >= 0.3 is 0 Å². The van der Waals surface area contributed by atoms with Crippen molar-refractivity contribution in [2.24, 2.45) is 0 Å². The van der Waals surface area contributed by atoms with Crippen LogP contribution in [-0.4, -0.2) is 11.8 Å². The average Bonchev–Trinajstić information content (AvgIpc) is 3.02. The smallest absolute Gasteiger partial charge is 0.255 e. The van der Waals surface area contributed by atoms with E-state index in [2.05, 4.69) is 22.8 Å². The van der Waals surface area contributed by atoms with Gasteiger partial charge in [0, 0.05) is 23.4 Å². The monoisotopic (exact) mass is 308 g/mol. The molecule has 23 heavy (non-hydrogen) atoms. The Labute approximate surface area is 135 Å². The minimum absolute atomic E-state index is 0.0684. The van der Waals surface area contributed by atoms with Crippen LogP contribution in [-0.2, 0) is 17.6 Å². The number of amides is 2. The Morgan fingerprint density at radius 1 is 0.957 bits per heavy atom. The molecule has 2 N–H and O–H groups in total. The summed E-state index contributed by atoms with van der Waals surface area (Å²) >= 11 is 0. The second-order valence-electron chi connectivity index (χ2n) is 5.77. The third-order valence-corrected chi connectivity index (χ3v) is 4.09. The van der Waals surface area contributed by atoms with E-state index in [-0.39, 0.29) is 11.8 Å². The topological polar surface area (TPSA) is 58.2 Å². The number of hydrogen-bond acceptors (Lipinski definition) is 2. The van der Waals surface area contributed by atoms with Gasteiger partial charge in [-0.25, -0.2) is 0 Å². The summed E-state index contributed by atoms with van der Waals surface area (Å²) in [6.45, 7) is 1.79. The number of hydrogen-bond donors (Lipinski definition) is 2. The molecule has 2 aromatic rings. The van der Waals surface area contributed by atoms with Crippen molar-refractivity contribution in [1.82, 2.24) is 0 Å². The van der Waals surface area contributed by atoms with Crippen LogP contribution in [0.1, 0.15) is 41.3 Å². The molecule has 4 nitrogen and oxygen atoms in total. The Balaban J connectivity index is 1.73. The molecule has 1 aliphatic carbocycles. The number of fused-ring (bicyclic) bond motifs is 1. The van der Waals surface area contributed by atoms with Gasteiger partial charge in [0.15, 0.2) is 0 Å². The van der Waals surface area contributed by atoms with Crippen LogP contribution in [0.2, 0.25) is 0 Å². The highest BCUT2D eigenvalue weighted by Gasteiger charge is 2.13. The van der Waals surface area contributed by atoms with Gasteiger partial charge in [-0.1, -0.05) is 19.1 Å². The molecule has 0 saturated carbocycles. The van der Waals surface area contributed by atoms with Gasteiger partial charge in [0.1, 0.15) is 0 Å². The zero-order valence-electron chi connectivity index (χ0n) is 13.2. The zero-order chi connectivity index (χ0) is 16.2. The molecule has 0 spiro atoms. The molecule has 0 bridgehead atoms. The number of aryl methyl sites for hydroxylation is 2. The van der Waals surface area contributed by atoms with E-state index in [4.69, 9.17) is 0 Å². The van der Waals surface area contributed by atoms with Crippen LogP contribution >= 0.6 is 0 Å². The normalized spacial score (nSPS) is 12.6. The van der Waals surface area contributed by atoms with Gasteiger partial charge in [0.2, 0.25) is 5.91 Å². The summed E-state index contributed by atoms with van der Waals surface area (Å²) in [5.74, 6) is -0.239. The summed E-state index contributed by atoms with van der Waals surface area (Å²) in [4.78, 5) is 23.8. The highest BCUT2D eigenvalue weighted by Crippen LogP contribution is 2.25. The molecule has 0 aliphatic heterocycles. The molecule has 0 saturated heterocycles. The van der Waals surface area contributed by atoms with Crippen LogP contribution in [0, 0.1) is 0 Å². The SMILES string of the molecule is CCC(=O)Nc1cccc(C(=O)Nc2ccc3c(c2)CCC3)c1. The Morgan fingerprint density at radius 2 is 1.74 bits per heavy atom. The summed E-state index contributed by atoms with van der Waals surface area (Å²) in [6, 6.07) is 13.1. The highest BCUT2D eigenvalue weighted by atomic mass is 16.2. The van der Waals surface area contributed by atoms with Crippen molar-refractivity contribution in [2.45, 2.75) is 32.6 Å². The number of benzene rings is 2. The molecule has 0 unspecified atom stereocenters. The molecule has 1 aliphatic rings. The lowest BCUT2D eigenvalue weighted by Gasteiger charge is -2.09. The summed E-state index contributed by atoms with van der Waals surface area (Å²) < 4.78 is 0. The van der Waals surface area contributed by atoms with Crippen molar-refractivity contribution in [3.63, 3.8) is 0 Å². The van der Waals surface area contributed by atoms with E-state index < -0.39 is 0 Å². The fourth-order valence-corrected chi connectivity index (χ4v) is 2.84. The lowest BCUT2D eigenvalue weighted by molar-refractivity contribution is -0.115. The van der Waals surface area contributed by atoms with Crippen molar-refractivity contribution in [2.75, 3.05) is 10.6 Å². The molecule has 0 heterocycles. The minimum Gasteiger partial charge on any atom is -0.326 e. The third-order valence-electron chi connectivity index (χ3n) is 4.09. The quantitative estimate of drug-likeness (QED) is 0.903. The lowest BCUT2D eigenvalue weighted by atomic mass is 10.1. The maximum absolute atomic E-state index is 12.4. The molecular formula is C19H20N2O2. The number of anilines is 2. The van der Waals surface area contributed by atoms with Gasteiger partial charge in [-0.15, -0.1) is 0 Å². The first kappa shape index (κ1) is 15.3. The fraction of sp³-hybridized carbons (Fsp3) is 0.263. The van der Waals surface area contributed by atoms with Gasteiger partial charge in [0.05, 0.1) is 0 Å². The molecule has 0 atom stereocenters.